The van der Waals surface area contributed by atoms with Gasteiger partial charge in [0.05, 0.1) is 46.3 Å². The number of imidazole rings is 2. The number of aromatic nitrogens is 4. The molecule has 0 saturated carbocycles. The van der Waals surface area contributed by atoms with E-state index in [0.29, 0.717) is 0 Å². The van der Waals surface area contributed by atoms with Gasteiger partial charge in [0, 0.05) is 38.9 Å². The van der Waals surface area contributed by atoms with Crippen LogP contribution in [0.5, 0.6) is 0 Å². The molecule has 0 aromatic carbocycles. The van der Waals surface area contributed by atoms with E-state index in [1.165, 1.54) is 0 Å². The van der Waals surface area contributed by atoms with E-state index in [9.17, 15) is 0 Å². The molecule has 0 aliphatic carbocycles. The van der Waals surface area contributed by atoms with E-state index in [-0.39, 0.29) is 53.1 Å². The van der Waals surface area contributed by atoms with Crippen LogP contribution in [0.4, 0.5) is 0 Å². The van der Waals surface area contributed by atoms with Crippen molar-refractivity contribution in [1.82, 2.24) is 19.1 Å². The number of hydrogen-bond donors (Lipinski definition) is 0. The molecule has 47 heavy (non-hydrogen) atoms. The van der Waals surface area contributed by atoms with Gasteiger partial charge in [-0.1, -0.05) is 0 Å². The van der Waals surface area contributed by atoms with Gasteiger partial charge in [0.1, 0.15) is 0 Å². The van der Waals surface area contributed by atoms with Crippen molar-refractivity contribution < 1.29 is 46.0 Å². The molecule has 2 rings (SSSR count). The fraction of sp³-hybridized carbons (Fsp3) is 0.812. The fourth-order valence-electron chi connectivity index (χ4n) is 3.03. The third-order valence-corrected chi connectivity index (χ3v) is 10.5. The van der Waals surface area contributed by atoms with E-state index in [0.717, 1.165) is 0 Å². The van der Waals surface area contributed by atoms with Gasteiger partial charge in [-0.25, -0.2) is 9.97 Å². The van der Waals surface area contributed by atoms with E-state index in [2.05, 4.69) is 9.97 Å². The zero-order valence-corrected chi connectivity index (χ0v) is 39.8. The molecule has 0 atom stereocenters. The number of aryl methyl sites for hydroxylation is 2. The van der Waals surface area contributed by atoms with Gasteiger partial charge in [-0.05, 0) is 125 Å². The first-order valence-electron chi connectivity index (χ1n) is 15.5. The first-order chi connectivity index (χ1) is 20.0. The van der Waals surface area contributed by atoms with Gasteiger partial charge in [-0.3, -0.25) is 0 Å². The molecular weight excluding hydrogens is 722 g/mol. The second-order valence-electron chi connectivity index (χ2n) is 16.7. The van der Waals surface area contributed by atoms with Crippen LogP contribution < -0.4 is 0 Å². The summed E-state index contributed by atoms with van der Waals surface area (Å²) >= 11 is 11.0. The molecule has 0 spiro atoms. The van der Waals surface area contributed by atoms with Gasteiger partial charge in [-0.15, -0.1) is 0 Å². The monoisotopic (exact) mass is 786 g/mol. The van der Waals surface area contributed by atoms with Crippen LogP contribution in [-0.4, -0.2) is 68.6 Å². The van der Waals surface area contributed by atoms with Crippen molar-refractivity contribution in [1.29, 1.82) is 0 Å². The van der Waals surface area contributed by atoms with Crippen molar-refractivity contribution >= 4 is 40.1 Å². The second-order valence-corrected chi connectivity index (χ2v) is 23.0. The normalized spacial score (nSPS) is 13.2. The summed E-state index contributed by atoms with van der Waals surface area (Å²) in [6.45, 7) is 35.2. The largest absolute Gasteiger partial charge is 2.00 e. The van der Waals surface area contributed by atoms with Crippen molar-refractivity contribution in [3.05, 3.63) is 37.4 Å². The summed E-state index contributed by atoms with van der Waals surface area (Å²) in [5.74, 6) is 0. The maximum atomic E-state index is 5.89. The number of hydrogen-bond acceptors (Lipinski definition) is 10. The van der Waals surface area contributed by atoms with Gasteiger partial charge < -0.3 is 59.8 Å². The van der Waals surface area contributed by atoms with Gasteiger partial charge in [-0.2, -0.15) is 0 Å². The summed E-state index contributed by atoms with van der Waals surface area (Å²) in [5, 5.41) is 0. The van der Waals surface area contributed by atoms with E-state index < -0.39 is 15.9 Å². The van der Waals surface area contributed by atoms with E-state index >= 15 is 0 Å². The van der Waals surface area contributed by atoms with Crippen molar-refractivity contribution in [3.8, 4) is 0 Å². The Labute approximate surface area is 313 Å². The predicted octanol–water partition coefficient (Wildman–Crippen LogP) is 7.67. The van der Waals surface area contributed by atoms with Crippen LogP contribution in [0, 0.1) is 0 Å². The summed E-state index contributed by atoms with van der Waals surface area (Å²) in [7, 11) is -2.27. The molecule has 10 nitrogen and oxygen atoms in total. The van der Waals surface area contributed by atoms with E-state index in [1.807, 2.05) is 160 Å². The van der Waals surface area contributed by atoms with Crippen LogP contribution >= 0.6 is 0 Å². The third-order valence-electron chi connectivity index (χ3n) is 3.86. The maximum absolute atomic E-state index is 5.89. The van der Waals surface area contributed by atoms with Crippen molar-refractivity contribution in [2.24, 2.45) is 14.1 Å². The molecule has 272 valence electrons. The smallest absolute Gasteiger partial charge is 0.708 e. The molecule has 0 N–H and O–H groups in total. The second kappa shape index (κ2) is 20.1. The molecule has 0 saturated heterocycles. The van der Waals surface area contributed by atoms with Gasteiger partial charge in [0.2, 0.25) is 0 Å². The Morgan fingerprint density at radius 2 is 0.596 bits per heavy atom. The quantitative estimate of drug-likeness (QED) is 0.215. The Morgan fingerprint density at radius 1 is 0.426 bits per heavy atom. The van der Waals surface area contributed by atoms with E-state index in [4.69, 9.17) is 50.7 Å². The van der Waals surface area contributed by atoms with Crippen LogP contribution in [0.1, 0.15) is 125 Å². The summed E-state index contributed by atoms with van der Waals surface area (Å²) in [6.07, 6.45) is 10.8. The molecule has 0 amide bonds. The van der Waals surface area contributed by atoms with Gasteiger partial charge in [0.15, 0.2) is 0 Å². The molecule has 0 unspecified atom stereocenters. The number of nitrogens with zero attached hydrogens (tertiary/aromatic N) is 4. The standard InChI is InChI=1S/2C12H27O3SSi.2C4H6N2.Zn/c2*1-10(2,3)13-17(16,14-11(4,5)6)15-12(7,8)9;2*1-6-3-2-5-4-6;/h2*1-9H3;2*2-4H,1H3;/q2*-1;;;+2. The summed E-state index contributed by atoms with van der Waals surface area (Å²) in [4.78, 5) is 7.57. The molecule has 0 aliphatic rings. The zero-order valence-electron chi connectivity index (χ0n) is 33.2. The summed E-state index contributed by atoms with van der Waals surface area (Å²) in [6, 6.07) is 0. The number of rotatable bonds is 6. The Kier molecular flexibility index (Phi) is 21.9. The molecule has 2 heterocycles. The van der Waals surface area contributed by atoms with Crippen LogP contribution in [0.3, 0.4) is 0 Å². The molecule has 2 aromatic rings. The van der Waals surface area contributed by atoms with Crippen molar-refractivity contribution in [2.75, 3.05) is 0 Å². The Morgan fingerprint density at radius 3 is 0.660 bits per heavy atom. The minimum Gasteiger partial charge on any atom is -0.708 e. The Balaban J connectivity index is -0.000000598. The van der Waals surface area contributed by atoms with Crippen molar-refractivity contribution in [2.45, 2.75) is 158 Å². The van der Waals surface area contributed by atoms with Crippen LogP contribution in [0.15, 0.2) is 37.4 Å². The first-order valence-corrected chi connectivity index (χ1v) is 21.2. The molecule has 2 aromatic heterocycles. The Bertz CT molecular complexity index is 902. The molecule has 0 bridgehead atoms. The molecular formula is C32H66N4O6S2Si2Zn. The van der Waals surface area contributed by atoms with E-state index in [1.54, 1.807) is 25.0 Å². The van der Waals surface area contributed by atoms with Crippen LogP contribution in [0.2, 0.25) is 0 Å². The van der Waals surface area contributed by atoms with Crippen LogP contribution in [0.25, 0.3) is 0 Å². The summed E-state index contributed by atoms with van der Waals surface area (Å²) < 4.78 is 39.1. The minimum atomic E-state index is -3.07. The SMILES string of the molecule is CC(C)(C)O[Si]([S-])(OC(C)(C)C)OC(C)(C)C.CC(C)(C)O[Si]([S-])(OC(C)(C)C)OC(C)(C)C.Cn1ccnc1.Cn1ccnc1.[Zn+2]. The Hall–Kier alpha value is -0.0629. The van der Waals surface area contributed by atoms with Crippen LogP contribution in [-0.2, 0) is 84.3 Å². The average Bonchev–Trinajstić information content (AvgIpc) is 3.32. The fourth-order valence-corrected chi connectivity index (χ4v) is 12.3. The maximum Gasteiger partial charge on any atom is 2.00 e. The van der Waals surface area contributed by atoms with Gasteiger partial charge in [0.25, 0.3) is 0 Å². The molecule has 0 aliphatic heterocycles. The third kappa shape index (κ3) is 35.6. The molecule has 0 radical (unpaired) electrons. The first kappa shape index (κ1) is 51.3. The van der Waals surface area contributed by atoms with Gasteiger partial charge >= 0.3 is 35.4 Å². The molecule has 15 heteroatoms. The zero-order chi connectivity index (χ0) is 37.1. The minimum absolute atomic E-state index is 0. The predicted molar refractivity (Wildman–Crippen MR) is 198 cm³/mol. The topological polar surface area (TPSA) is 91.0 Å². The van der Waals surface area contributed by atoms with Crippen molar-refractivity contribution in [3.63, 3.8) is 0 Å². The average molecular weight is 789 g/mol. The molecule has 0 fully saturated rings. The summed E-state index contributed by atoms with van der Waals surface area (Å²) in [5.41, 5.74) is -2.22.